The van der Waals surface area contributed by atoms with Gasteiger partial charge in [0.25, 0.3) is 0 Å². The summed E-state index contributed by atoms with van der Waals surface area (Å²) in [7, 11) is 0. The number of ether oxygens (including phenoxy) is 1. The van der Waals surface area contributed by atoms with Crippen LogP contribution in [0.4, 0.5) is 0 Å². The number of halogens is 1. The van der Waals surface area contributed by atoms with E-state index in [-0.39, 0.29) is 0 Å². The van der Waals surface area contributed by atoms with Crippen LogP contribution in [-0.4, -0.2) is 45.7 Å². The van der Waals surface area contributed by atoms with Gasteiger partial charge in [-0.15, -0.1) is 0 Å². The zero-order chi connectivity index (χ0) is 11.7. The van der Waals surface area contributed by atoms with Crippen molar-refractivity contribution >= 4 is 40.1 Å². The molecular formula is C13H14BrNOSe. The molecule has 1 aromatic heterocycles. The van der Waals surface area contributed by atoms with Gasteiger partial charge >= 0.3 is 116 Å². The molecule has 1 fully saturated rings. The maximum atomic E-state index is 5.39. The molecule has 0 bridgehead atoms. The SMILES string of the molecule is Brc1c(CN2CCOCC2)[se]c2ccccc12. The zero-order valence-electron chi connectivity index (χ0n) is 9.49. The average Bonchev–Trinajstić information content (AvgIpc) is 2.68. The summed E-state index contributed by atoms with van der Waals surface area (Å²) in [6.45, 7) is 4.99. The Morgan fingerprint density at radius 2 is 2.00 bits per heavy atom. The first-order valence-corrected chi connectivity index (χ1v) is 8.31. The Bertz CT molecular complexity index is 519. The summed E-state index contributed by atoms with van der Waals surface area (Å²) in [5.41, 5.74) is 0. The molecule has 2 aromatic rings. The van der Waals surface area contributed by atoms with Crippen molar-refractivity contribution < 1.29 is 4.74 Å². The molecule has 3 rings (SSSR count). The normalized spacial score (nSPS) is 17.7. The van der Waals surface area contributed by atoms with E-state index in [0.717, 1.165) is 32.8 Å². The molecule has 0 amide bonds. The van der Waals surface area contributed by atoms with Crippen molar-refractivity contribution in [1.82, 2.24) is 4.90 Å². The van der Waals surface area contributed by atoms with Gasteiger partial charge < -0.3 is 0 Å². The summed E-state index contributed by atoms with van der Waals surface area (Å²) in [5, 5.41) is 1.40. The molecule has 1 aliphatic rings. The van der Waals surface area contributed by atoms with Gasteiger partial charge in [0.05, 0.1) is 0 Å². The second-order valence-electron chi connectivity index (χ2n) is 4.22. The summed E-state index contributed by atoms with van der Waals surface area (Å²) in [5.74, 6) is 0. The average molecular weight is 359 g/mol. The van der Waals surface area contributed by atoms with Crippen LogP contribution in [0.3, 0.4) is 0 Å². The molecule has 2 nitrogen and oxygen atoms in total. The third kappa shape index (κ3) is 2.51. The molecular weight excluding hydrogens is 345 g/mol. The van der Waals surface area contributed by atoms with Crippen molar-refractivity contribution in [2.45, 2.75) is 6.54 Å². The minimum absolute atomic E-state index is 0.494. The first-order chi connectivity index (χ1) is 8.34. The number of hydrogen-bond acceptors (Lipinski definition) is 2. The number of nitrogens with zero attached hydrogens (tertiary/aromatic N) is 1. The van der Waals surface area contributed by atoms with Gasteiger partial charge in [-0.25, -0.2) is 0 Å². The Balaban J connectivity index is 1.87. The number of rotatable bonds is 2. The summed E-state index contributed by atoms with van der Waals surface area (Å²) in [6.07, 6.45) is 0. The molecule has 0 spiro atoms. The molecule has 17 heavy (non-hydrogen) atoms. The van der Waals surface area contributed by atoms with E-state index in [2.05, 4.69) is 45.1 Å². The van der Waals surface area contributed by atoms with Gasteiger partial charge in [0.2, 0.25) is 0 Å². The van der Waals surface area contributed by atoms with E-state index in [9.17, 15) is 0 Å². The molecule has 1 aliphatic heterocycles. The third-order valence-electron chi connectivity index (χ3n) is 3.07. The van der Waals surface area contributed by atoms with Crippen molar-refractivity contribution in [1.29, 1.82) is 0 Å². The van der Waals surface area contributed by atoms with Gasteiger partial charge in [0, 0.05) is 0 Å². The van der Waals surface area contributed by atoms with Gasteiger partial charge in [-0.05, 0) is 0 Å². The fourth-order valence-corrected chi connectivity index (χ4v) is 5.71. The fourth-order valence-electron chi connectivity index (χ4n) is 2.13. The molecule has 0 aliphatic carbocycles. The molecule has 0 radical (unpaired) electrons. The molecule has 4 heteroatoms. The van der Waals surface area contributed by atoms with E-state index < -0.39 is 0 Å². The maximum absolute atomic E-state index is 5.39. The van der Waals surface area contributed by atoms with E-state index in [1.807, 2.05) is 0 Å². The van der Waals surface area contributed by atoms with Crippen LogP contribution in [-0.2, 0) is 11.3 Å². The first-order valence-electron chi connectivity index (χ1n) is 5.80. The third-order valence-corrected chi connectivity index (χ3v) is 6.99. The van der Waals surface area contributed by atoms with Crippen molar-refractivity contribution in [2.75, 3.05) is 26.3 Å². The van der Waals surface area contributed by atoms with E-state index >= 15 is 0 Å². The van der Waals surface area contributed by atoms with Crippen LogP contribution in [0.1, 0.15) is 4.44 Å². The second-order valence-corrected chi connectivity index (χ2v) is 7.40. The predicted molar refractivity (Wildman–Crippen MR) is 74.7 cm³/mol. The van der Waals surface area contributed by atoms with E-state index in [4.69, 9.17) is 4.74 Å². The van der Waals surface area contributed by atoms with Crippen LogP contribution < -0.4 is 0 Å². The van der Waals surface area contributed by atoms with Gasteiger partial charge in [-0.3, -0.25) is 0 Å². The van der Waals surface area contributed by atoms with Crippen molar-refractivity contribution in [3.8, 4) is 0 Å². The summed E-state index contributed by atoms with van der Waals surface area (Å²) in [6, 6.07) is 8.72. The van der Waals surface area contributed by atoms with Gasteiger partial charge in [0.15, 0.2) is 0 Å². The summed E-state index contributed by atoms with van der Waals surface area (Å²) in [4.78, 5) is 2.49. The standard InChI is InChI=1S/C13H14BrNOSe/c14-13-10-3-1-2-4-11(10)17-12(13)9-15-5-7-16-8-6-15/h1-4H,5-9H2. The van der Waals surface area contributed by atoms with Crippen molar-refractivity contribution in [3.63, 3.8) is 0 Å². The van der Waals surface area contributed by atoms with Crippen molar-refractivity contribution in [2.24, 2.45) is 0 Å². The fraction of sp³-hybridized carbons (Fsp3) is 0.385. The van der Waals surface area contributed by atoms with Gasteiger partial charge in [0.1, 0.15) is 0 Å². The number of hydrogen-bond donors (Lipinski definition) is 0. The Morgan fingerprint density at radius 3 is 2.76 bits per heavy atom. The van der Waals surface area contributed by atoms with Crippen LogP contribution in [0.25, 0.3) is 9.65 Å². The second kappa shape index (κ2) is 5.25. The van der Waals surface area contributed by atoms with Crippen LogP contribution in [0.5, 0.6) is 0 Å². The van der Waals surface area contributed by atoms with E-state index in [0.29, 0.717) is 14.5 Å². The summed E-state index contributed by atoms with van der Waals surface area (Å²) < 4.78 is 9.80. The van der Waals surface area contributed by atoms with Crippen LogP contribution in [0.15, 0.2) is 28.7 Å². The topological polar surface area (TPSA) is 12.5 Å². The molecule has 1 aromatic carbocycles. The van der Waals surface area contributed by atoms with Gasteiger partial charge in [-0.1, -0.05) is 0 Å². The monoisotopic (exact) mass is 359 g/mol. The van der Waals surface area contributed by atoms with Crippen LogP contribution in [0, 0.1) is 0 Å². The van der Waals surface area contributed by atoms with Crippen molar-refractivity contribution in [3.05, 3.63) is 33.2 Å². The van der Waals surface area contributed by atoms with Gasteiger partial charge in [-0.2, -0.15) is 0 Å². The Morgan fingerprint density at radius 1 is 1.24 bits per heavy atom. The predicted octanol–water partition coefficient (Wildman–Crippen LogP) is 2.49. The molecule has 2 heterocycles. The molecule has 0 unspecified atom stereocenters. The number of benzene rings is 1. The quantitative estimate of drug-likeness (QED) is 0.765. The number of fused-ring (bicyclic) bond motifs is 1. The molecule has 0 saturated carbocycles. The van der Waals surface area contributed by atoms with E-state index in [1.165, 1.54) is 14.1 Å². The first kappa shape index (κ1) is 11.9. The van der Waals surface area contributed by atoms with Crippen LogP contribution >= 0.6 is 15.9 Å². The molecule has 0 atom stereocenters. The summed E-state index contributed by atoms with van der Waals surface area (Å²) >= 11 is 4.26. The molecule has 0 N–H and O–H groups in total. The van der Waals surface area contributed by atoms with E-state index in [1.54, 1.807) is 4.44 Å². The number of morpholine rings is 1. The minimum atomic E-state index is 0.494. The van der Waals surface area contributed by atoms with Crippen LogP contribution in [0.2, 0.25) is 0 Å². The molecule has 1 saturated heterocycles. The Kier molecular flexibility index (Phi) is 3.69. The Hall–Kier alpha value is -0.121. The molecule has 90 valence electrons. The zero-order valence-corrected chi connectivity index (χ0v) is 12.8. The Labute approximate surface area is 115 Å².